The summed E-state index contributed by atoms with van der Waals surface area (Å²) in [6.45, 7) is 8.23. The van der Waals surface area contributed by atoms with E-state index in [4.69, 9.17) is 4.98 Å². The largest absolute Gasteiger partial charge is 0.311 e. The molecule has 7 heteroatoms. The maximum atomic E-state index is 12.6. The van der Waals surface area contributed by atoms with Crippen molar-refractivity contribution in [3.63, 3.8) is 0 Å². The van der Waals surface area contributed by atoms with Crippen molar-refractivity contribution in [2.75, 3.05) is 5.32 Å². The Kier molecular flexibility index (Phi) is 5.05. The highest BCUT2D eigenvalue weighted by Gasteiger charge is 2.16. The van der Waals surface area contributed by atoms with Crippen LogP contribution in [0.3, 0.4) is 0 Å². The molecule has 1 amide bonds. The van der Waals surface area contributed by atoms with Gasteiger partial charge in [0.1, 0.15) is 5.82 Å². The summed E-state index contributed by atoms with van der Waals surface area (Å²) in [4.78, 5) is 17.4. The molecule has 1 aromatic carbocycles. The van der Waals surface area contributed by atoms with E-state index in [1.54, 1.807) is 6.20 Å². The number of nitrogens with one attached hydrogen (secondary N) is 1. The molecule has 3 heterocycles. The zero-order chi connectivity index (χ0) is 20.5. The van der Waals surface area contributed by atoms with Crippen molar-refractivity contribution in [3.05, 3.63) is 53.5 Å². The molecule has 150 valence electrons. The first-order valence-corrected chi connectivity index (χ1v) is 10.1. The second-order valence-electron chi connectivity index (χ2n) is 7.48. The number of hydrogen-bond acceptors (Lipinski definition) is 4. The minimum absolute atomic E-state index is 0.0282. The zero-order valence-electron chi connectivity index (χ0n) is 17.3. The van der Waals surface area contributed by atoms with Crippen LogP contribution >= 0.6 is 0 Å². The van der Waals surface area contributed by atoms with Gasteiger partial charge in [-0.2, -0.15) is 10.2 Å². The average Bonchev–Trinajstić information content (AvgIpc) is 3.32. The van der Waals surface area contributed by atoms with Gasteiger partial charge in [0.15, 0.2) is 5.65 Å². The van der Waals surface area contributed by atoms with Gasteiger partial charge in [0.05, 0.1) is 17.8 Å². The Labute approximate surface area is 169 Å². The highest BCUT2D eigenvalue weighted by Crippen LogP contribution is 2.23. The predicted octanol–water partition coefficient (Wildman–Crippen LogP) is 4.24. The van der Waals surface area contributed by atoms with Crippen molar-refractivity contribution >= 4 is 28.3 Å². The van der Waals surface area contributed by atoms with Gasteiger partial charge in [0.25, 0.3) is 0 Å². The van der Waals surface area contributed by atoms with Crippen LogP contribution in [0.5, 0.6) is 0 Å². The summed E-state index contributed by atoms with van der Waals surface area (Å²) in [5.41, 5.74) is 4.83. The fourth-order valence-electron chi connectivity index (χ4n) is 3.72. The van der Waals surface area contributed by atoms with Crippen LogP contribution in [0.25, 0.3) is 16.6 Å². The molecule has 0 saturated heterocycles. The van der Waals surface area contributed by atoms with Crippen LogP contribution in [0.2, 0.25) is 0 Å². The molecule has 1 atom stereocenters. The first kappa shape index (κ1) is 19.1. The fraction of sp³-hybridized carbons (Fsp3) is 0.364. The summed E-state index contributed by atoms with van der Waals surface area (Å²) in [5.74, 6) is 0.712. The number of hydrogen-bond donors (Lipinski definition) is 1. The van der Waals surface area contributed by atoms with Crippen molar-refractivity contribution in [2.24, 2.45) is 0 Å². The van der Waals surface area contributed by atoms with Crippen molar-refractivity contribution in [1.29, 1.82) is 0 Å². The normalized spacial score (nSPS) is 12.6. The highest BCUT2D eigenvalue weighted by molar-refractivity contribution is 5.92. The van der Waals surface area contributed by atoms with Gasteiger partial charge in [-0.3, -0.25) is 4.79 Å². The van der Waals surface area contributed by atoms with Gasteiger partial charge < -0.3 is 5.32 Å². The van der Waals surface area contributed by atoms with Gasteiger partial charge in [-0.1, -0.05) is 19.1 Å². The van der Waals surface area contributed by atoms with Crippen molar-refractivity contribution in [3.8, 4) is 0 Å². The smallest absolute Gasteiger partial charge is 0.225 e. The fourth-order valence-corrected chi connectivity index (χ4v) is 3.72. The molecule has 0 aliphatic carbocycles. The Hall–Kier alpha value is -3.22. The number of aryl methyl sites for hydroxylation is 2. The third kappa shape index (κ3) is 3.48. The van der Waals surface area contributed by atoms with E-state index in [1.165, 1.54) is 0 Å². The molecule has 4 rings (SSSR count). The summed E-state index contributed by atoms with van der Waals surface area (Å²) in [5, 5.41) is 13.0. The lowest BCUT2D eigenvalue weighted by Gasteiger charge is -2.15. The molecule has 0 aliphatic heterocycles. The first-order valence-electron chi connectivity index (χ1n) is 10.1. The van der Waals surface area contributed by atoms with Gasteiger partial charge in [0, 0.05) is 29.3 Å². The first-order chi connectivity index (χ1) is 14.0. The minimum Gasteiger partial charge on any atom is -0.311 e. The second-order valence-corrected chi connectivity index (χ2v) is 7.48. The Balaban J connectivity index is 1.55. The lowest BCUT2D eigenvalue weighted by atomic mass is 10.1. The number of nitrogens with zero attached hydrogens (tertiary/aromatic N) is 5. The van der Waals surface area contributed by atoms with E-state index < -0.39 is 0 Å². The zero-order valence-corrected chi connectivity index (χ0v) is 17.3. The Morgan fingerprint density at radius 1 is 1.21 bits per heavy atom. The van der Waals surface area contributed by atoms with Crippen molar-refractivity contribution < 1.29 is 4.79 Å². The molecule has 0 fully saturated rings. The van der Waals surface area contributed by atoms with E-state index in [-0.39, 0.29) is 11.9 Å². The molecule has 1 N–H and O–H groups in total. The van der Waals surface area contributed by atoms with E-state index in [0.717, 1.165) is 45.7 Å². The second kappa shape index (κ2) is 7.66. The third-order valence-electron chi connectivity index (χ3n) is 5.57. The van der Waals surface area contributed by atoms with Gasteiger partial charge in [-0.15, -0.1) is 0 Å². The van der Waals surface area contributed by atoms with Crippen LogP contribution < -0.4 is 5.32 Å². The van der Waals surface area contributed by atoms with E-state index in [9.17, 15) is 4.79 Å². The molecule has 29 heavy (non-hydrogen) atoms. The Bertz CT molecular complexity index is 1190. The van der Waals surface area contributed by atoms with E-state index in [1.807, 2.05) is 53.4 Å². The van der Waals surface area contributed by atoms with Crippen LogP contribution in [-0.4, -0.2) is 30.3 Å². The summed E-state index contributed by atoms with van der Waals surface area (Å²) in [6.07, 6.45) is 3.66. The van der Waals surface area contributed by atoms with Gasteiger partial charge in [-0.25, -0.2) is 14.2 Å². The van der Waals surface area contributed by atoms with Crippen LogP contribution in [0, 0.1) is 13.8 Å². The van der Waals surface area contributed by atoms with Crippen LogP contribution in [-0.2, 0) is 11.2 Å². The lowest BCUT2D eigenvalue weighted by molar-refractivity contribution is -0.116. The van der Waals surface area contributed by atoms with Crippen molar-refractivity contribution in [2.45, 2.75) is 53.0 Å². The quantitative estimate of drug-likeness (QED) is 0.534. The lowest BCUT2D eigenvalue weighted by Crippen LogP contribution is -2.18. The molecule has 7 nitrogen and oxygen atoms in total. The minimum atomic E-state index is -0.0282. The van der Waals surface area contributed by atoms with Crippen LogP contribution in [0.4, 0.5) is 5.82 Å². The van der Waals surface area contributed by atoms with E-state index >= 15 is 0 Å². The molecule has 1 unspecified atom stereocenters. The summed E-state index contributed by atoms with van der Waals surface area (Å²) in [7, 11) is 0. The number of benzene rings is 1. The maximum absolute atomic E-state index is 12.6. The third-order valence-corrected chi connectivity index (χ3v) is 5.57. The summed E-state index contributed by atoms with van der Waals surface area (Å²) >= 11 is 0. The number of rotatable bonds is 6. The number of aromatic nitrogens is 5. The molecule has 0 bridgehead atoms. The van der Waals surface area contributed by atoms with Gasteiger partial charge >= 0.3 is 0 Å². The number of amides is 1. The van der Waals surface area contributed by atoms with Crippen LogP contribution in [0.15, 0.2) is 36.5 Å². The Morgan fingerprint density at radius 3 is 2.79 bits per heavy atom. The van der Waals surface area contributed by atoms with E-state index in [0.29, 0.717) is 12.8 Å². The number of carbonyl (C=O) groups is 1. The van der Waals surface area contributed by atoms with Crippen LogP contribution in [0.1, 0.15) is 49.7 Å². The standard InChI is InChI=1S/C22H26N6O/c1-5-14(2)27-20(12-13-23-27)25-21(29)11-10-17-15(3)24-22-18-8-6-7-9-19(18)26-28(22)16(17)4/h6-9,12-14H,5,10-11H2,1-4H3,(H,25,29). The number of anilines is 1. The molecule has 0 radical (unpaired) electrons. The number of fused-ring (bicyclic) bond motifs is 3. The monoisotopic (exact) mass is 390 g/mol. The molecule has 0 saturated carbocycles. The van der Waals surface area contributed by atoms with Gasteiger partial charge in [0.2, 0.25) is 5.91 Å². The predicted molar refractivity (Wildman–Crippen MR) is 114 cm³/mol. The van der Waals surface area contributed by atoms with E-state index in [2.05, 4.69) is 29.4 Å². The number of carbonyl (C=O) groups excluding carboxylic acids is 1. The molecule has 4 aromatic rings. The van der Waals surface area contributed by atoms with Crippen molar-refractivity contribution in [1.82, 2.24) is 24.4 Å². The van der Waals surface area contributed by atoms with Gasteiger partial charge in [-0.05, 0) is 51.3 Å². The molecular formula is C22H26N6O. The molecule has 0 spiro atoms. The molecule has 0 aliphatic rings. The topological polar surface area (TPSA) is 77.1 Å². The Morgan fingerprint density at radius 2 is 2.00 bits per heavy atom. The SMILES string of the molecule is CCC(C)n1nccc1NC(=O)CCc1c(C)nc2c3ccccc3nn2c1C. The summed E-state index contributed by atoms with van der Waals surface area (Å²) < 4.78 is 3.75. The average molecular weight is 390 g/mol. The maximum Gasteiger partial charge on any atom is 0.225 e. The highest BCUT2D eigenvalue weighted by atomic mass is 16.1. The molecule has 3 aromatic heterocycles. The summed E-state index contributed by atoms with van der Waals surface area (Å²) in [6, 6.07) is 10.1. The molecular weight excluding hydrogens is 364 g/mol.